The van der Waals surface area contributed by atoms with Crippen LogP contribution in [-0.2, 0) is 6.37 Å². The van der Waals surface area contributed by atoms with Crippen molar-refractivity contribution in [2.24, 2.45) is 5.41 Å². The summed E-state index contributed by atoms with van der Waals surface area (Å²) in [5.74, 6) is -1.55. The Morgan fingerprint density at radius 2 is 1.42 bits per heavy atom. The molecule has 0 aliphatic rings. The van der Waals surface area contributed by atoms with Crippen molar-refractivity contribution in [2.75, 3.05) is 0 Å². The van der Waals surface area contributed by atoms with Crippen LogP contribution in [0, 0.1) is 16.7 Å². The highest BCUT2D eigenvalue weighted by molar-refractivity contribution is 6.10. The minimum absolute atomic E-state index is 0.590. The second kappa shape index (κ2) is 13.2. The van der Waals surface area contributed by atoms with Crippen LogP contribution in [0.4, 0.5) is 0 Å². The predicted octanol–water partition coefficient (Wildman–Crippen LogP) is 13.6. The van der Waals surface area contributed by atoms with Crippen LogP contribution in [0.1, 0.15) is 88.0 Å². The summed E-state index contributed by atoms with van der Waals surface area (Å²) in [6, 6.07) is 41.7. The first-order valence-corrected chi connectivity index (χ1v) is 18.1. The number of para-hydroxylation sites is 3. The molecule has 8 aromatic rings. The summed E-state index contributed by atoms with van der Waals surface area (Å²) in [7, 11) is 0. The van der Waals surface area contributed by atoms with E-state index in [-0.39, 0.29) is 0 Å². The zero-order valence-corrected chi connectivity index (χ0v) is 31.3. The average molecular weight is 696 g/mol. The van der Waals surface area contributed by atoms with Gasteiger partial charge in [-0.1, -0.05) is 115 Å². The molecule has 8 rings (SSSR count). The Balaban J connectivity index is 1.37. The highest BCUT2D eigenvalue weighted by Crippen LogP contribution is 2.43. The average Bonchev–Trinajstić information content (AvgIpc) is 3.74. The first kappa shape index (κ1) is 29.6. The van der Waals surface area contributed by atoms with Gasteiger partial charge in [-0.15, -0.1) is 0 Å². The summed E-state index contributed by atoms with van der Waals surface area (Å²) in [6.07, 6.45) is -1.54. The monoisotopic (exact) mass is 695 g/mol. The fourth-order valence-corrected chi connectivity index (χ4v) is 7.34. The van der Waals surface area contributed by atoms with Crippen LogP contribution in [0.5, 0.6) is 0 Å². The molecule has 0 bridgehead atoms. The highest BCUT2D eigenvalue weighted by atomic mass is 16.3. The number of furan rings is 1. The van der Waals surface area contributed by atoms with Crippen molar-refractivity contribution in [2.45, 2.75) is 66.6 Å². The number of hydrogen-bond acceptors (Lipinski definition) is 3. The summed E-state index contributed by atoms with van der Waals surface area (Å²) >= 11 is 0. The van der Waals surface area contributed by atoms with E-state index in [1.807, 2.05) is 146 Å². The topological polar surface area (TPSA) is 54.8 Å². The number of imidazole rings is 1. The van der Waals surface area contributed by atoms with Gasteiger partial charge in [0.2, 0.25) is 0 Å². The predicted molar refractivity (Wildman–Crippen MR) is 221 cm³/mol. The molecule has 0 N–H and O–H groups in total. The van der Waals surface area contributed by atoms with Gasteiger partial charge in [0.25, 0.3) is 0 Å². The van der Waals surface area contributed by atoms with Gasteiger partial charge in [-0.25, -0.2) is 4.98 Å². The summed E-state index contributed by atoms with van der Waals surface area (Å²) in [5.41, 5.74) is 10.2. The summed E-state index contributed by atoms with van der Waals surface area (Å²) in [4.78, 5) is 5.26. The molecule has 0 amide bonds. The molecule has 0 spiro atoms. The Kier molecular flexibility index (Phi) is 7.41. The molecule has 0 fully saturated rings. The first-order valence-electron chi connectivity index (χ1n) is 20.1. The summed E-state index contributed by atoms with van der Waals surface area (Å²) in [6.45, 7) is 13.2. The van der Waals surface area contributed by atoms with Crippen LogP contribution in [-0.4, -0.2) is 9.55 Å². The molecular weight excluding hydrogens is 647 g/mol. The van der Waals surface area contributed by atoms with E-state index in [0.717, 1.165) is 66.4 Å². The van der Waals surface area contributed by atoms with E-state index in [1.165, 1.54) is 0 Å². The van der Waals surface area contributed by atoms with Crippen molar-refractivity contribution in [1.82, 2.24) is 9.55 Å². The molecular formula is C49H45N3O. The zero-order valence-electron chi connectivity index (χ0n) is 35.3. The normalized spacial score (nSPS) is 13.8. The van der Waals surface area contributed by atoms with Crippen molar-refractivity contribution in [3.8, 4) is 45.4 Å². The fourth-order valence-electron chi connectivity index (χ4n) is 7.34. The number of hydrogen-bond donors (Lipinski definition) is 0. The molecule has 2 aromatic heterocycles. The molecule has 0 aliphatic carbocycles. The van der Waals surface area contributed by atoms with Gasteiger partial charge in [0.15, 0.2) is 0 Å². The van der Waals surface area contributed by atoms with Crippen molar-refractivity contribution in [1.29, 1.82) is 5.26 Å². The van der Waals surface area contributed by atoms with E-state index in [4.69, 9.17) is 12.1 Å². The molecule has 0 saturated heterocycles. The second-order valence-electron chi connectivity index (χ2n) is 15.3. The SMILES string of the molecule is [2H]C(C)(C)c1cc(-c2ccc(C([2H])([2H])C(C)(C)C)cc2)cc(C([2H])(C)C)c1-n1c(-c2cccc3c2oc2cc(-c4cccc(C#N)c4)ccc23)nc2ccccc21. The number of nitrogens with zero attached hydrogens (tertiary/aromatic N) is 3. The maximum absolute atomic E-state index is 9.58. The molecule has 0 radical (unpaired) electrons. The first-order chi connectivity index (χ1) is 26.9. The molecule has 4 heteroatoms. The van der Waals surface area contributed by atoms with Gasteiger partial charge in [0, 0.05) is 16.3 Å². The molecule has 262 valence electrons. The number of aromatic nitrogens is 2. The second-order valence-corrected chi connectivity index (χ2v) is 15.3. The van der Waals surface area contributed by atoms with Crippen LogP contribution in [0.2, 0.25) is 0 Å². The van der Waals surface area contributed by atoms with Gasteiger partial charge in [0.1, 0.15) is 17.0 Å². The fraction of sp³-hybridized carbons (Fsp3) is 0.224. The molecule has 0 unspecified atom stereocenters. The molecule has 6 aromatic carbocycles. The van der Waals surface area contributed by atoms with Gasteiger partial charge in [-0.05, 0) is 117 Å². The summed E-state index contributed by atoms with van der Waals surface area (Å²) in [5, 5.41) is 11.4. The van der Waals surface area contributed by atoms with E-state index in [1.54, 1.807) is 6.07 Å². The Bertz CT molecular complexity index is 2860. The lowest BCUT2D eigenvalue weighted by Crippen LogP contribution is -2.10. The minimum Gasteiger partial charge on any atom is -0.455 e. The van der Waals surface area contributed by atoms with Crippen LogP contribution >= 0.6 is 0 Å². The third kappa shape index (κ3) is 6.31. The van der Waals surface area contributed by atoms with Crippen LogP contribution in [0.15, 0.2) is 126 Å². The van der Waals surface area contributed by atoms with E-state index >= 15 is 0 Å². The largest absolute Gasteiger partial charge is 0.455 e. The van der Waals surface area contributed by atoms with E-state index in [9.17, 15) is 8.00 Å². The molecule has 53 heavy (non-hydrogen) atoms. The number of nitriles is 1. The van der Waals surface area contributed by atoms with E-state index in [2.05, 4.69) is 28.8 Å². The third-order valence-corrected chi connectivity index (χ3v) is 9.77. The smallest absolute Gasteiger partial charge is 0.149 e. The summed E-state index contributed by atoms with van der Waals surface area (Å²) < 4.78 is 45.7. The van der Waals surface area contributed by atoms with Gasteiger partial charge < -0.3 is 4.42 Å². The van der Waals surface area contributed by atoms with Crippen molar-refractivity contribution < 1.29 is 9.90 Å². The zero-order chi connectivity index (χ0) is 40.7. The Morgan fingerprint density at radius 1 is 0.736 bits per heavy atom. The maximum Gasteiger partial charge on any atom is 0.149 e. The lowest BCUT2D eigenvalue weighted by Gasteiger charge is -2.24. The van der Waals surface area contributed by atoms with Crippen molar-refractivity contribution in [3.63, 3.8) is 0 Å². The third-order valence-electron chi connectivity index (χ3n) is 9.77. The molecule has 0 saturated carbocycles. The van der Waals surface area contributed by atoms with E-state index in [0.29, 0.717) is 28.1 Å². The Hall–Kier alpha value is -5.92. The lowest BCUT2D eigenvalue weighted by molar-refractivity contribution is 0.411. The van der Waals surface area contributed by atoms with Crippen molar-refractivity contribution >= 4 is 33.0 Å². The van der Waals surface area contributed by atoms with Crippen molar-refractivity contribution in [3.05, 3.63) is 144 Å². The Morgan fingerprint density at radius 3 is 2.11 bits per heavy atom. The Labute approximate surface area is 318 Å². The number of fused-ring (bicyclic) bond motifs is 4. The molecule has 4 nitrogen and oxygen atoms in total. The maximum atomic E-state index is 9.58. The van der Waals surface area contributed by atoms with Crippen LogP contribution < -0.4 is 0 Å². The van der Waals surface area contributed by atoms with E-state index < -0.39 is 23.6 Å². The minimum atomic E-state index is -1.54. The van der Waals surface area contributed by atoms with Gasteiger partial charge >= 0.3 is 0 Å². The lowest BCUT2D eigenvalue weighted by atomic mass is 9.86. The van der Waals surface area contributed by atoms with Gasteiger partial charge in [0.05, 0.1) is 33.9 Å². The quantitative estimate of drug-likeness (QED) is 0.167. The number of benzene rings is 6. The van der Waals surface area contributed by atoms with Gasteiger partial charge in [-0.3, -0.25) is 4.57 Å². The molecule has 0 atom stereocenters. The highest BCUT2D eigenvalue weighted by Gasteiger charge is 2.25. The number of rotatable bonds is 7. The molecule has 0 aliphatic heterocycles. The van der Waals surface area contributed by atoms with Crippen LogP contribution in [0.3, 0.4) is 0 Å². The van der Waals surface area contributed by atoms with Crippen LogP contribution in [0.25, 0.3) is 72.3 Å². The molecule has 2 heterocycles. The van der Waals surface area contributed by atoms with Gasteiger partial charge in [-0.2, -0.15) is 5.26 Å². The standard InChI is InChI=1S/C49H45N3O/c1-30(2)41-25-37(34-20-18-32(19-21-34)28-49(5,6)7)26-42(31(3)4)46(41)52-44-17-9-8-16-43(44)51-48(52)40-15-11-14-39-38-23-22-36(27-45(38)53-47(39)40)35-13-10-12-33(24-35)29-50/h8-27,30-31H,28H2,1-7H3/i28D2,30D,31D.